The van der Waals surface area contributed by atoms with Crippen molar-refractivity contribution < 1.29 is 9.59 Å². The Morgan fingerprint density at radius 2 is 1.84 bits per heavy atom. The molecule has 0 spiro atoms. The number of fused-ring (bicyclic) bond motifs is 5. The smallest absolute Gasteiger partial charge is 0.246 e. The zero-order valence-electron chi connectivity index (χ0n) is 19.8. The fraction of sp³-hybridized carbons (Fsp3) is 0.643. The summed E-state index contributed by atoms with van der Waals surface area (Å²) in [7, 11) is 1.98. The van der Waals surface area contributed by atoms with E-state index < -0.39 is 0 Å². The van der Waals surface area contributed by atoms with E-state index in [9.17, 15) is 9.59 Å². The molecule has 1 N–H and O–H groups in total. The fourth-order valence-electron chi connectivity index (χ4n) is 8.27. The van der Waals surface area contributed by atoms with Gasteiger partial charge in [0.05, 0.1) is 0 Å². The van der Waals surface area contributed by atoms with Gasteiger partial charge >= 0.3 is 0 Å². The van der Waals surface area contributed by atoms with E-state index in [0.29, 0.717) is 23.8 Å². The molecule has 0 unspecified atom stereocenters. The molecule has 2 amide bonds. The first-order valence-corrected chi connectivity index (χ1v) is 12.6. The number of nitrogens with zero attached hydrogens (tertiary/aromatic N) is 1. The van der Waals surface area contributed by atoms with Gasteiger partial charge < -0.3 is 10.2 Å². The van der Waals surface area contributed by atoms with Crippen molar-refractivity contribution in [2.45, 2.75) is 64.8 Å². The summed E-state index contributed by atoms with van der Waals surface area (Å²) in [5, 5.41) is 3.27. The number of amides is 2. The normalized spacial score (nSPS) is 40.4. The van der Waals surface area contributed by atoms with Gasteiger partial charge in [-0.1, -0.05) is 50.3 Å². The molecule has 1 aromatic rings. The van der Waals surface area contributed by atoms with Crippen LogP contribution in [0.15, 0.2) is 42.5 Å². The van der Waals surface area contributed by atoms with Crippen LogP contribution in [-0.2, 0) is 16.0 Å². The Bertz CT molecular complexity index is 911. The molecule has 0 aromatic heterocycles. The second-order valence-electron chi connectivity index (χ2n) is 11.3. The van der Waals surface area contributed by atoms with E-state index in [1.165, 1.54) is 24.8 Å². The van der Waals surface area contributed by atoms with E-state index in [4.69, 9.17) is 0 Å². The Kier molecular flexibility index (Phi) is 5.46. The van der Waals surface area contributed by atoms with E-state index >= 15 is 0 Å². The van der Waals surface area contributed by atoms with Gasteiger partial charge in [0.15, 0.2) is 0 Å². The van der Waals surface area contributed by atoms with Crippen LogP contribution < -0.4 is 5.32 Å². The van der Waals surface area contributed by atoms with Gasteiger partial charge in [0, 0.05) is 31.0 Å². The monoisotopic (exact) mass is 434 g/mol. The van der Waals surface area contributed by atoms with Crippen LogP contribution in [0.1, 0.15) is 57.9 Å². The fourth-order valence-corrected chi connectivity index (χ4v) is 8.27. The Morgan fingerprint density at radius 1 is 1.06 bits per heavy atom. The van der Waals surface area contributed by atoms with Crippen molar-refractivity contribution in [3.05, 3.63) is 48.0 Å². The zero-order valence-corrected chi connectivity index (χ0v) is 19.8. The minimum absolute atomic E-state index is 0.0724. The standard InChI is InChI=1S/C28H38N2O2/c1-27-16-13-22-20(9-12-24-28(22,2)17-14-25(31)30(24)3)21(27)10-11-23(27)26(32)29-18-15-19-7-5-4-6-8-19/h4-8,14,17,20-24H,9-13,15-16,18H2,1-3H3,(H,29,32)/t20-,21-,22-,23+,24+,27-,28+/m0/s1. The first kappa shape index (κ1) is 21.7. The van der Waals surface area contributed by atoms with E-state index in [2.05, 4.69) is 49.5 Å². The number of hydrogen-bond donors (Lipinski definition) is 1. The molecule has 0 saturated heterocycles. The van der Waals surface area contributed by atoms with Crippen LogP contribution in [0, 0.1) is 34.5 Å². The number of rotatable bonds is 4. The molecule has 4 aliphatic rings. The van der Waals surface area contributed by atoms with Crippen molar-refractivity contribution in [2.24, 2.45) is 34.5 Å². The topological polar surface area (TPSA) is 49.4 Å². The lowest BCUT2D eigenvalue weighted by Gasteiger charge is -2.60. The molecule has 4 heteroatoms. The maximum absolute atomic E-state index is 13.3. The first-order chi connectivity index (χ1) is 15.3. The Balaban J connectivity index is 1.28. The number of benzene rings is 1. The second-order valence-corrected chi connectivity index (χ2v) is 11.3. The van der Waals surface area contributed by atoms with Crippen molar-refractivity contribution in [1.82, 2.24) is 10.2 Å². The van der Waals surface area contributed by atoms with E-state index in [1.807, 2.05) is 24.1 Å². The van der Waals surface area contributed by atoms with Gasteiger partial charge in [-0.15, -0.1) is 0 Å². The van der Waals surface area contributed by atoms with Crippen LogP contribution in [0.2, 0.25) is 0 Å². The quantitative estimate of drug-likeness (QED) is 0.753. The van der Waals surface area contributed by atoms with Crippen LogP contribution >= 0.6 is 0 Å². The van der Waals surface area contributed by atoms with Crippen molar-refractivity contribution in [3.8, 4) is 0 Å². The molecule has 3 fully saturated rings. The highest BCUT2D eigenvalue weighted by Gasteiger charge is 2.61. The largest absolute Gasteiger partial charge is 0.356 e. The number of nitrogens with one attached hydrogen (secondary N) is 1. The van der Waals surface area contributed by atoms with E-state index in [1.54, 1.807) is 0 Å². The third kappa shape index (κ3) is 3.33. The average Bonchev–Trinajstić information content (AvgIpc) is 3.15. The van der Waals surface area contributed by atoms with Crippen molar-refractivity contribution in [3.63, 3.8) is 0 Å². The lowest BCUT2D eigenvalue weighted by Crippen LogP contribution is -2.59. The maximum Gasteiger partial charge on any atom is 0.246 e. The van der Waals surface area contributed by atoms with Gasteiger partial charge in [-0.2, -0.15) is 0 Å². The van der Waals surface area contributed by atoms with Crippen LogP contribution in [0.3, 0.4) is 0 Å². The summed E-state index contributed by atoms with van der Waals surface area (Å²) < 4.78 is 0. The third-order valence-corrected chi connectivity index (χ3v) is 10.00. The molecule has 3 aliphatic carbocycles. The highest BCUT2D eigenvalue weighted by Crippen LogP contribution is 2.65. The molecule has 7 atom stereocenters. The van der Waals surface area contributed by atoms with Gasteiger partial charge in [-0.25, -0.2) is 0 Å². The second kappa shape index (κ2) is 8.04. The number of carbonyl (C=O) groups excluding carboxylic acids is 2. The minimum atomic E-state index is 0.0724. The van der Waals surface area contributed by atoms with E-state index in [-0.39, 0.29) is 28.6 Å². The lowest BCUT2D eigenvalue weighted by molar-refractivity contribution is -0.142. The average molecular weight is 435 g/mol. The summed E-state index contributed by atoms with van der Waals surface area (Å²) >= 11 is 0. The summed E-state index contributed by atoms with van der Waals surface area (Å²) in [6.07, 6.45) is 11.7. The zero-order chi connectivity index (χ0) is 22.5. The predicted octanol–water partition coefficient (Wildman–Crippen LogP) is 4.60. The molecule has 5 rings (SSSR count). The maximum atomic E-state index is 13.3. The summed E-state index contributed by atoms with van der Waals surface area (Å²) in [5.74, 6) is 2.47. The highest BCUT2D eigenvalue weighted by molar-refractivity contribution is 5.89. The first-order valence-electron chi connectivity index (χ1n) is 12.6. The molecule has 1 aromatic carbocycles. The van der Waals surface area contributed by atoms with Crippen LogP contribution in [0.25, 0.3) is 0 Å². The number of likely N-dealkylation sites (N-methyl/N-ethyl adjacent to an activating group) is 1. The lowest BCUT2D eigenvalue weighted by atomic mass is 9.47. The summed E-state index contributed by atoms with van der Waals surface area (Å²) in [6, 6.07) is 10.7. The van der Waals surface area contributed by atoms with Crippen LogP contribution in [0.5, 0.6) is 0 Å². The number of carbonyl (C=O) groups is 2. The molecule has 32 heavy (non-hydrogen) atoms. The third-order valence-electron chi connectivity index (χ3n) is 10.00. The summed E-state index contributed by atoms with van der Waals surface area (Å²) in [5.41, 5.74) is 1.46. The van der Waals surface area contributed by atoms with Crippen molar-refractivity contribution in [2.75, 3.05) is 13.6 Å². The highest BCUT2D eigenvalue weighted by atomic mass is 16.2. The molecule has 1 heterocycles. The van der Waals surface area contributed by atoms with Gasteiger partial charge in [0.2, 0.25) is 11.8 Å². The molecule has 0 radical (unpaired) electrons. The molecule has 3 saturated carbocycles. The molecular formula is C28H38N2O2. The Morgan fingerprint density at radius 3 is 2.62 bits per heavy atom. The SMILES string of the molecule is CN1C(=O)C=C[C@]2(C)[C@H]3CC[C@]4(C)[C@@H](C(=O)NCCc5ccccc5)CC[C@H]4[C@@H]3CC[C@@H]12. The molecule has 172 valence electrons. The van der Waals surface area contributed by atoms with Gasteiger partial charge in [-0.05, 0) is 79.8 Å². The molecular weight excluding hydrogens is 396 g/mol. The van der Waals surface area contributed by atoms with Crippen molar-refractivity contribution >= 4 is 11.8 Å². The summed E-state index contributed by atoms with van der Waals surface area (Å²) in [4.78, 5) is 27.5. The van der Waals surface area contributed by atoms with E-state index in [0.717, 1.165) is 32.2 Å². The molecule has 4 nitrogen and oxygen atoms in total. The predicted molar refractivity (Wildman–Crippen MR) is 127 cm³/mol. The van der Waals surface area contributed by atoms with Crippen molar-refractivity contribution in [1.29, 1.82) is 0 Å². The number of hydrogen-bond acceptors (Lipinski definition) is 2. The van der Waals surface area contributed by atoms with Crippen LogP contribution in [-0.4, -0.2) is 36.3 Å². The molecule has 0 bridgehead atoms. The molecule has 1 aliphatic heterocycles. The Hall–Kier alpha value is -2.10. The minimum Gasteiger partial charge on any atom is -0.356 e. The van der Waals surface area contributed by atoms with Gasteiger partial charge in [-0.3, -0.25) is 9.59 Å². The van der Waals surface area contributed by atoms with Gasteiger partial charge in [0.25, 0.3) is 0 Å². The van der Waals surface area contributed by atoms with Crippen LogP contribution in [0.4, 0.5) is 0 Å². The Labute approximate surface area is 192 Å². The van der Waals surface area contributed by atoms with Gasteiger partial charge in [0.1, 0.15) is 0 Å². The summed E-state index contributed by atoms with van der Waals surface area (Å²) in [6.45, 7) is 5.51.